The summed E-state index contributed by atoms with van der Waals surface area (Å²) in [5, 5.41) is 1.21. The molecule has 1 saturated heterocycles. The minimum atomic E-state index is -0.369. The lowest BCUT2D eigenvalue weighted by atomic mass is 9.68. The Balaban J connectivity index is 1.28. The zero-order valence-corrected chi connectivity index (χ0v) is 20.5. The molecule has 1 aromatic heterocycles. The van der Waals surface area contributed by atoms with Crippen LogP contribution in [0.3, 0.4) is 0 Å². The molecule has 180 valence electrons. The summed E-state index contributed by atoms with van der Waals surface area (Å²) in [7, 11) is 0. The van der Waals surface area contributed by atoms with Crippen molar-refractivity contribution in [1.82, 2.24) is 9.88 Å². The number of carbonyl (C=O) groups excluding carboxylic acids is 1. The summed E-state index contributed by atoms with van der Waals surface area (Å²) in [6, 6.07) is 24.4. The fraction of sp³-hybridized carbons (Fsp3) is 0.300. The lowest BCUT2D eigenvalue weighted by Gasteiger charge is -2.45. The number of aromatic amines is 1. The molecule has 5 heteroatoms. The van der Waals surface area contributed by atoms with E-state index >= 15 is 0 Å². The van der Waals surface area contributed by atoms with Crippen molar-refractivity contribution < 1.29 is 9.53 Å². The molecule has 4 aromatic rings. The van der Waals surface area contributed by atoms with Crippen LogP contribution in [0.15, 0.2) is 79.0 Å². The van der Waals surface area contributed by atoms with E-state index in [-0.39, 0.29) is 11.3 Å². The van der Waals surface area contributed by atoms with Crippen molar-refractivity contribution >= 4 is 16.8 Å². The summed E-state index contributed by atoms with van der Waals surface area (Å²) in [6.45, 7) is 8.08. The fourth-order valence-corrected chi connectivity index (χ4v) is 5.28. The van der Waals surface area contributed by atoms with E-state index < -0.39 is 0 Å². The van der Waals surface area contributed by atoms with Crippen LogP contribution in [0.5, 0.6) is 5.75 Å². The number of benzene rings is 3. The third-order valence-electron chi connectivity index (χ3n) is 7.75. The third-order valence-corrected chi connectivity index (χ3v) is 7.75. The van der Waals surface area contributed by atoms with Gasteiger partial charge in [0, 0.05) is 35.8 Å². The molecule has 2 heterocycles. The monoisotopic (exact) mass is 467 g/mol. The van der Waals surface area contributed by atoms with Crippen molar-refractivity contribution in [2.45, 2.75) is 38.8 Å². The van der Waals surface area contributed by atoms with Gasteiger partial charge in [-0.15, -0.1) is 0 Å². The van der Waals surface area contributed by atoms with Crippen LogP contribution in [-0.2, 0) is 18.6 Å². The first-order chi connectivity index (χ1) is 16.9. The molecule has 1 aliphatic rings. The molecule has 2 unspecified atom stereocenters. The van der Waals surface area contributed by atoms with E-state index in [1.165, 1.54) is 16.5 Å². The minimum Gasteiger partial charge on any atom is -0.489 e. The third kappa shape index (κ3) is 4.82. The first-order valence-electron chi connectivity index (χ1n) is 12.3. The van der Waals surface area contributed by atoms with Crippen molar-refractivity contribution in [3.05, 3.63) is 101 Å². The molecule has 3 aromatic carbocycles. The number of piperidine rings is 1. The fourth-order valence-electron chi connectivity index (χ4n) is 5.28. The van der Waals surface area contributed by atoms with Crippen LogP contribution >= 0.6 is 0 Å². The predicted molar refractivity (Wildman–Crippen MR) is 140 cm³/mol. The number of hydrogen-bond donors (Lipinski definition) is 2. The number of rotatable bonds is 7. The Kier molecular flexibility index (Phi) is 6.35. The van der Waals surface area contributed by atoms with Crippen molar-refractivity contribution in [2.24, 2.45) is 11.7 Å². The Hall–Kier alpha value is -3.57. The van der Waals surface area contributed by atoms with Gasteiger partial charge < -0.3 is 15.5 Å². The normalized spacial score (nSPS) is 20.7. The SMILES string of the molecule is CC1CN(Cc2c[nH]c3ccc(OCc4ccccc4)cc23)CCC1(C)c1cccc(C(N)=O)c1. The number of primary amides is 1. The summed E-state index contributed by atoms with van der Waals surface area (Å²) < 4.78 is 6.07. The zero-order valence-electron chi connectivity index (χ0n) is 20.5. The van der Waals surface area contributed by atoms with Crippen LogP contribution in [0, 0.1) is 5.92 Å². The number of likely N-dealkylation sites (tertiary alicyclic amines) is 1. The summed E-state index contributed by atoms with van der Waals surface area (Å²) >= 11 is 0. The number of ether oxygens (including phenoxy) is 1. The Morgan fingerprint density at radius 3 is 2.71 bits per heavy atom. The maximum atomic E-state index is 11.7. The van der Waals surface area contributed by atoms with Crippen molar-refractivity contribution in [2.75, 3.05) is 13.1 Å². The number of carbonyl (C=O) groups is 1. The minimum absolute atomic E-state index is 0.0145. The van der Waals surface area contributed by atoms with Gasteiger partial charge in [0.1, 0.15) is 12.4 Å². The first kappa shape index (κ1) is 23.2. The van der Waals surface area contributed by atoms with E-state index in [4.69, 9.17) is 10.5 Å². The lowest BCUT2D eigenvalue weighted by Crippen LogP contribution is -2.47. The molecule has 0 saturated carbocycles. The van der Waals surface area contributed by atoms with Crippen molar-refractivity contribution in [1.29, 1.82) is 0 Å². The quantitative estimate of drug-likeness (QED) is 0.369. The van der Waals surface area contributed by atoms with Crippen LogP contribution in [0.1, 0.15) is 47.3 Å². The average molecular weight is 468 g/mol. The average Bonchev–Trinajstić information content (AvgIpc) is 3.27. The number of hydrogen-bond acceptors (Lipinski definition) is 3. The maximum absolute atomic E-state index is 11.7. The Labute approximate surface area is 206 Å². The second kappa shape index (κ2) is 9.59. The van der Waals surface area contributed by atoms with Crippen LogP contribution < -0.4 is 10.5 Å². The number of amides is 1. The maximum Gasteiger partial charge on any atom is 0.248 e. The molecule has 3 N–H and O–H groups in total. The van der Waals surface area contributed by atoms with Gasteiger partial charge in [-0.2, -0.15) is 0 Å². The second-order valence-corrected chi connectivity index (χ2v) is 10.0. The van der Waals surface area contributed by atoms with E-state index in [0.29, 0.717) is 18.1 Å². The molecular weight excluding hydrogens is 434 g/mol. The van der Waals surface area contributed by atoms with Gasteiger partial charge in [0.15, 0.2) is 0 Å². The smallest absolute Gasteiger partial charge is 0.248 e. The Bertz CT molecular complexity index is 1330. The number of nitrogens with two attached hydrogens (primary N) is 1. The van der Waals surface area contributed by atoms with E-state index in [0.717, 1.165) is 42.9 Å². The first-order valence-corrected chi connectivity index (χ1v) is 12.3. The number of nitrogens with zero attached hydrogens (tertiary/aromatic N) is 1. The molecule has 5 rings (SSSR count). The van der Waals surface area contributed by atoms with Gasteiger partial charge in [0.2, 0.25) is 5.91 Å². The van der Waals surface area contributed by atoms with Crippen molar-refractivity contribution in [3.8, 4) is 5.75 Å². The van der Waals surface area contributed by atoms with Crippen LogP contribution in [0.4, 0.5) is 0 Å². The van der Waals surface area contributed by atoms with E-state index in [9.17, 15) is 4.79 Å². The topological polar surface area (TPSA) is 71.3 Å². The highest BCUT2D eigenvalue weighted by atomic mass is 16.5. The van der Waals surface area contributed by atoms with Gasteiger partial charge >= 0.3 is 0 Å². The molecule has 0 aliphatic carbocycles. The molecule has 1 aliphatic heterocycles. The van der Waals surface area contributed by atoms with Gasteiger partial charge in [0.25, 0.3) is 0 Å². The second-order valence-electron chi connectivity index (χ2n) is 10.0. The number of fused-ring (bicyclic) bond motifs is 1. The molecule has 1 fully saturated rings. The van der Waals surface area contributed by atoms with E-state index in [1.807, 2.05) is 36.4 Å². The van der Waals surface area contributed by atoms with Gasteiger partial charge in [-0.3, -0.25) is 9.69 Å². The highest BCUT2D eigenvalue weighted by Crippen LogP contribution is 2.40. The van der Waals surface area contributed by atoms with Gasteiger partial charge in [-0.1, -0.05) is 56.3 Å². The van der Waals surface area contributed by atoms with Gasteiger partial charge in [-0.05, 0) is 71.3 Å². The molecule has 2 atom stereocenters. The van der Waals surface area contributed by atoms with Gasteiger partial charge in [-0.25, -0.2) is 0 Å². The molecule has 0 spiro atoms. The highest BCUT2D eigenvalue weighted by Gasteiger charge is 2.38. The predicted octanol–water partition coefficient (Wildman–Crippen LogP) is 5.65. The largest absolute Gasteiger partial charge is 0.489 e. The van der Waals surface area contributed by atoms with Crippen LogP contribution in [0.25, 0.3) is 10.9 Å². The standard InChI is InChI=1S/C30H33N3O2/c1-21-18-33(14-13-30(21,2)25-10-6-9-23(15-25)29(31)34)19-24-17-32-28-12-11-26(16-27(24)28)35-20-22-7-4-3-5-8-22/h3-12,15-17,21,32H,13-14,18-20H2,1-2H3,(H2,31,34). The Morgan fingerprint density at radius 1 is 1.11 bits per heavy atom. The number of H-pyrrole nitrogens is 1. The molecular formula is C30H33N3O2. The molecule has 0 radical (unpaired) electrons. The van der Waals surface area contributed by atoms with E-state index in [1.54, 1.807) is 6.07 Å². The number of aromatic nitrogens is 1. The van der Waals surface area contributed by atoms with Crippen LogP contribution in [-0.4, -0.2) is 28.9 Å². The molecule has 0 bridgehead atoms. The molecule has 35 heavy (non-hydrogen) atoms. The summed E-state index contributed by atoms with van der Waals surface area (Å²) in [5.41, 5.74) is 10.9. The van der Waals surface area contributed by atoms with Crippen molar-refractivity contribution in [3.63, 3.8) is 0 Å². The summed E-state index contributed by atoms with van der Waals surface area (Å²) in [5.74, 6) is 0.956. The molecule has 5 nitrogen and oxygen atoms in total. The zero-order chi connectivity index (χ0) is 24.4. The summed E-state index contributed by atoms with van der Waals surface area (Å²) in [6.07, 6.45) is 3.16. The summed E-state index contributed by atoms with van der Waals surface area (Å²) in [4.78, 5) is 17.7. The van der Waals surface area contributed by atoms with Crippen LogP contribution in [0.2, 0.25) is 0 Å². The Morgan fingerprint density at radius 2 is 1.94 bits per heavy atom. The number of nitrogens with one attached hydrogen (secondary N) is 1. The lowest BCUT2D eigenvalue weighted by molar-refractivity contribution is 0.0996. The highest BCUT2D eigenvalue weighted by molar-refractivity contribution is 5.93. The van der Waals surface area contributed by atoms with E-state index in [2.05, 4.69) is 60.3 Å². The molecule has 1 amide bonds. The van der Waals surface area contributed by atoms with Gasteiger partial charge in [0.05, 0.1) is 0 Å².